The van der Waals surface area contributed by atoms with Crippen LogP contribution in [0.5, 0.6) is 0 Å². The van der Waals surface area contributed by atoms with E-state index in [1.54, 1.807) is 0 Å². The van der Waals surface area contributed by atoms with E-state index in [1.807, 2.05) is 0 Å². The number of nitrogens with one attached hydrogen (secondary N) is 1. The molecule has 0 aliphatic rings. The lowest BCUT2D eigenvalue weighted by molar-refractivity contribution is 0.187. The molecule has 0 bridgehead atoms. The molecular weight excluding hydrogens is 104 g/mol. The van der Waals surface area contributed by atoms with Crippen molar-refractivity contribution in [2.24, 2.45) is 5.73 Å². The quantitative estimate of drug-likeness (QED) is 0.327. The van der Waals surface area contributed by atoms with Gasteiger partial charge in [0, 0.05) is 13.1 Å². The van der Waals surface area contributed by atoms with Gasteiger partial charge in [-0.1, -0.05) is 6.58 Å². The first-order chi connectivity index (χ1) is 3.81. The molecule has 3 nitrogen and oxygen atoms in total. The Morgan fingerprint density at radius 3 is 2.88 bits per heavy atom. The highest BCUT2D eigenvalue weighted by Gasteiger charge is 1.90. The Morgan fingerprint density at radius 2 is 2.50 bits per heavy atom. The zero-order chi connectivity index (χ0) is 6.41. The average Bonchev–Trinajstić information content (AvgIpc) is 1.83. The lowest BCUT2D eigenvalue weighted by Crippen LogP contribution is -2.31. The van der Waals surface area contributed by atoms with E-state index >= 15 is 0 Å². The minimum absolute atomic E-state index is 0.533. The van der Waals surface area contributed by atoms with Crippen LogP contribution in [0.15, 0.2) is 12.7 Å². The predicted molar refractivity (Wildman–Crippen MR) is 33.3 cm³/mol. The van der Waals surface area contributed by atoms with Crippen molar-refractivity contribution in [1.29, 1.82) is 0 Å². The maximum atomic E-state index is 8.70. The smallest absolute Gasteiger partial charge is 0.123 e. The molecule has 0 aliphatic carbocycles. The first-order valence-electron chi connectivity index (χ1n) is 2.55. The molecule has 0 aromatic heterocycles. The van der Waals surface area contributed by atoms with Crippen molar-refractivity contribution in [3.05, 3.63) is 12.7 Å². The normalized spacial score (nSPS) is 13.2. The third kappa shape index (κ3) is 3.80. The van der Waals surface area contributed by atoms with Crippen LogP contribution >= 0.6 is 0 Å². The summed E-state index contributed by atoms with van der Waals surface area (Å²) in [6.07, 6.45) is 0.800. The number of hydrogen-bond donors (Lipinski definition) is 3. The van der Waals surface area contributed by atoms with Gasteiger partial charge in [-0.25, -0.2) is 0 Å². The molecule has 0 heterocycles. The molecule has 0 aliphatic heterocycles. The molecular formula is C5H12N2O. The predicted octanol–water partition coefficient (Wildman–Crippen LogP) is -0.961. The van der Waals surface area contributed by atoms with Gasteiger partial charge in [-0.3, -0.25) is 5.32 Å². The van der Waals surface area contributed by atoms with E-state index in [0.717, 1.165) is 0 Å². The van der Waals surface area contributed by atoms with Crippen LogP contribution in [0.1, 0.15) is 0 Å². The Morgan fingerprint density at radius 1 is 1.88 bits per heavy atom. The first kappa shape index (κ1) is 7.62. The maximum absolute atomic E-state index is 8.70. The van der Waals surface area contributed by atoms with Crippen LogP contribution in [0.2, 0.25) is 0 Å². The standard InChI is InChI=1S/C5H12N2O/c1-2-5(8)7-4-3-6/h2,5,7-8H,1,3-4,6H2. The van der Waals surface area contributed by atoms with Crippen molar-refractivity contribution in [2.45, 2.75) is 6.23 Å². The van der Waals surface area contributed by atoms with Gasteiger partial charge in [0.1, 0.15) is 6.23 Å². The largest absolute Gasteiger partial charge is 0.375 e. The summed E-state index contributed by atoms with van der Waals surface area (Å²) in [6.45, 7) is 4.51. The van der Waals surface area contributed by atoms with Crippen LogP contribution in [0, 0.1) is 0 Å². The lowest BCUT2D eigenvalue weighted by atomic mass is 10.5. The Bertz CT molecular complexity index is 65.4. The Balaban J connectivity index is 2.98. The monoisotopic (exact) mass is 116 g/mol. The molecule has 8 heavy (non-hydrogen) atoms. The van der Waals surface area contributed by atoms with Crippen molar-refractivity contribution >= 4 is 0 Å². The Hall–Kier alpha value is -0.380. The number of aliphatic hydroxyl groups excluding tert-OH is 1. The topological polar surface area (TPSA) is 58.3 Å². The van der Waals surface area contributed by atoms with Crippen LogP contribution in [-0.2, 0) is 0 Å². The number of hydrogen-bond acceptors (Lipinski definition) is 3. The summed E-state index contributed by atoms with van der Waals surface area (Å²) in [5.74, 6) is 0. The lowest BCUT2D eigenvalue weighted by Gasteiger charge is -2.04. The van der Waals surface area contributed by atoms with E-state index in [4.69, 9.17) is 10.8 Å². The van der Waals surface area contributed by atoms with E-state index in [2.05, 4.69) is 11.9 Å². The highest BCUT2D eigenvalue weighted by atomic mass is 16.3. The fourth-order valence-electron chi connectivity index (χ4n) is 0.315. The van der Waals surface area contributed by atoms with E-state index in [1.165, 1.54) is 6.08 Å². The average molecular weight is 116 g/mol. The molecule has 0 aromatic carbocycles. The van der Waals surface area contributed by atoms with Gasteiger partial charge < -0.3 is 10.8 Å². The SMILES string of the molecule is C=CC(O)NCCN. The molecule has 0 radical (unpaired) electrons. The van der Waals surface area contributed by atoms with Gasteiger partial charge in [-0.2, -0.15) is 0 Å². The minimum Gasteiger partial charge on any atom is -0.375 e. The molecule has 0 spiro atoms. The Kier molecular flexibility index (Phi) is 4.54. The fourth-order valence-corrected chi connectivity index (χ4v) is 0.315. The highest BCUT2D eigenvalue weighted by molar-refractivity contribution is 4.75. The second kappa shape index (κ2) is 4.77. The summed E-state index contributed by atoms with van der Waals surface area (Å²) in [5.41, 5.74) is 5.12. The summed E-state index contributed by atoms with van der Waals surface area (Å²) in [4.78, 5) is 0. The third-order valence-corrected chi connectivity index (χ3v) is 0.721. The second-order valence-corrected chi connectivity index (χ2v) is 1.42. The Labute approximate surface area is 49.2 Å². The van der Waals surface area contributed by atoms with Crippen molar-refractivity contribution in [3.8, 4) is 0 Å². The number of nitrogens with two attached hydrogens (primary N) is 1. The maximum Gasteiger partial charge on any atom is 0.123 e. The van der Waals surface area contributed by atoms with Crippen LogP contribution < -0.4 is 11.1 Å². The molecule has 0 aromatic rings. The summed E-state index contributed by atoms with van der Waals surface area (Å²) in [6, 6.07) is 0. The molecule has 3 heteroatoms. The molecule has 4 N–H and O–H groups in total. The molecule has 0 saturated carbocycles. The molecule has 0 fully saturated rings. The number of aliphatic hydroxyl groups is 1. The zero-order valence-electron chi connectivity index (χ0n) is 4.80. The zero-order valence-corrected chi connectivity index (χ0v) is 4.80. The van der Waals surface area contributed by atoms with Gasteiger partial charge >= 0.3 is 0 Å². The van der Waals surface area contributed by atoms with Crippen molar-refractivity contribution in [3.63, 3.8) is 0 Å². The molecule has 0 saturated heterocycles. The van der Waals surface area contributed by atoms with E-state index in [-0.39, 0.29) is 0 Å². The van der Waals surface area contributed by atoms with Crippen molar-refractivity contribution < 1.29 is 5.11 Å². The summed E-state index contributed by atoms with van der Waals surface area (Å²) in [7, 11) is 0. The summed E-state index contributed by atoms with van der Waals surface area (Å²) in [5, 5.41) is 11.4. The second-order valence-electron chi connectivity index (χ2n) is 1.42. The first-order valence-corrected chi connectivity index (χ1v) is 2.55. The highest BCUT2D eigenvalue weighted by Crippen LogP contribution is 1.72. The molecule has 0 rings (SSSR count). The van der Waals surface area contributed by atoms with Gasteiger partial charge in [-0.05, 0) is 6.08 Å². The van der Waals surface area contributed by atoms with Crippen molar-refractivity contribution in [1.82, 2.24) is 5.32 Å². The van der Waals surface area contributed by atoms with Gasteiger partial charge in [0.25, 0.3) is 0 Å². The third-order valence-electron chi connectivity index (χ3n) is 0.721. The molecule has 1 unspecified atom stereocenters. The number of rotatable bonds is 4. The van der Waals surface area contributed by atoms with Crippen molar-refractivity contribution in [2.75, 3.05) is 13.1 Å². The van der Waals surface area contributed by atoms with Crippen LogP contribution in [0.25, 0.3) is 0 Å². The molecule has 1 atom stereocenters. The van der Waals surface area contributed by atoms with Gasteiger partial charge in [0.15, 0.2) is 0 Å². The molecule has 48 valence electrons. The fraction of sp³-hybridized carbons (Fsp3) is 0.600. The van der Waals surface area contributed by atoms with Crippen LogP contribution in [0.3, 0.4) is 0 Å². The summed E-state index contributed by atoms with van der Waals surface area (Å²) >= 11 is 0. The van der Waals surface area contributed by atoms with Gasteiger partial charge in [-0.15, -0.1) is 0 Å². The van der Waals surface area contributed by atoms with E-state index in [0.29, 0.717) is 13.1 Å². The van der Waals surface area contributed by atoms with Gasteiger partial charge in [0.05, 0.1) is 0 Å². The van der Waals surface area contributed by atoms with E-state index in [9.17, 15) is 0 Å². The van der Waals surface area contributed by atoms with E-state index < -0.39 is 6.23 Å². The van der Waals surface area contributed by atoms with Gasteiger partial charge in [0.2, 0.25) is 0 Å². The van der Waals surface area contributed by atoms with Crippen LogP contribution in [-0.4, -0.2) is 24.4 Å². The summed E-state index contributed by atoms with van der Waals surface area (Å²) < 4.78 is 0. The minimum atomic E-state index is -0.612. The molecule has 0 amide bonds. The van der Waals surface area contributed by atoms with Crippen LogP contribution in [0.4, 0.5) is 0 Å².